The summed E-state index contributed by atoms with van der Waals surface area (Å²) in [5.74, 6) is -8.25. The Bertz CT molecular complexity index is 1110. The highest BCUT2D eigenvalue weighted by Crippen LogP contribution is 2.37. The van der Waals surface area contributed by atoms with Gasteiger partial charge in [-0.15, -0.1) is 0 Å². The molecule has 2 aromatic carbocycles. The third-order valence-electron chi connectivity index (χ3n) is 5.49. The molecule has 1 fully saturated rings. The maximum Gasteiger partial charge on any atom is 0.286 e. The average Bonchev–Trinajstić information content (AvgIpc) is 2.94. The summed E-state index contributed by atoms with van der Waals surface area (Å²) in [4.78, 5) is 13.5. The SMILES string of the molecule is CC(C)C(=O)N1CC(F)(F)[C@H](N[S+](C)(=O)O)[C@@H]1Cc1cccc(-c2cccc(F)c2F)c1F. The molecule has 2 N–H and O–H groups in total. The first-order valence-corrected chi connectivity index (χ1v) is 12.0. The van der Waals surface area contributed by atoms with Gasteiger partial charge in [0.25, 0.3) is 16.3 Å². The zero-order valence-electron chi connectivity index (χ0n) is 18.1. The topological polar surface area (TPSA) is 69.6 Å². The Morgan fingerprint density at radius 2 is 1.73 bits per heavy atom. The number of benzene rings is 2. The summed E-state index contributed by atoms with van der Waals surface area (Å²) in [6.45, 7) is 2.02. The fourth-order valence-corrected chi connectivity index (χ4v) is 4.79. The van der Waals surface area contributed by atoms with Gasteiger partial charge in [-0.3, -0.25) is 4.79 Å². The summed E-state index contributed by atoms with van der Waals surface area (Å²) in [6, 6.07) is 3.83. The normalized spacial score (nSPS) is 21.9. The van der Waals surface area contributed by atoms with Crippen molar-refractivity contribution in [2.75, 3.05) is 12.8 Å². The summed E-state index contributed by atoms with van der Waals surface area (Å²) in [6.07, 6.45) is 0.374. The second-order valence-corrected chi connectivity index (χ2v) is 10.3. The molecule has 0 spiro atoms. The first-order valence-electron chi connectivity index (χ1n) is 10.1. The largest absolute Gasteiger partial charge is 0.331 e. The first kappa shape index (κ1) is 25.3. The fourth-order valence-electron chi connectivity index (χ4n) is 3.99. The molecule has 1 unspecified atom stereocenters. The van der Waals surface area contributed by atoms with Crippen molar-refractivity contribution in [2.24, 2.45) is 5.92 Å². The minimum absolute atomic E-state index is 0.132. The highest BCUT2D eigenvalue weighted by Gasteiger charge is 2.59. The summed E-state index contributed by atoms with van der Waals surface area (Å²) in [5.41, 5.74) is -0.752. The zero-order valence-corrected chi connectivity index (χ0v) is 18.9. The van der Waals surface area contributed by atoms with E-state index in [0.29, 0.717) is 0 Å². The van der Waals surface area contributed by atoms with Crippen LogP contribution in [0.25, 0.3) is 11.1 Å². The number of rotatable bonds is 6. The van der Waals surface area contributed by atoms with Gasteiger partial charge in [-0.25, -0.2) is 22.0 Å². The van der Waals surface area contributed by atoms with Gasteiger partial charge in [-0.2, -0.15) is 4.55 Å². The molecule has 33 heavy (non-hydrogen) atoms. The Hall–Kier alpha value is -2.37. The molecule has 1 saturated heterocycles. The van der Waals surface area contributed by atoms with E-state index in [1.54, 1.807) is 0 Å². The van der Waals surface area contributed by atoms with Gasteiger partial charge in [0.2, 0.25) is 5.91 Å². The van der Waals surface area contributed by atoms with Crippen LogP contribution in [0.3, 0.4) is 0 Å². The Morgan fingerprint density at radius 1 is 1.15 bits per heavy atom. The molecular formula is C22H24F5N2O3S+. The summed E-state index contributed by atoms with van der Waals surface area (Å²) in [5, 5.41) is 0. The van der Waals surface area contributed by atoms with E-state index in [-0.39, 0.29) is 16.7 Å². The number of amides is 1. The molecule has 5 nitrogen and oxygen atoms in total. The molecule has 1 amide bonds. The van der Waals surface area contributed by atoms with E-state index < -0.39 is 70.6 Å². The molecule has 0 aliphatic carbocycles. The molecule has 3 rings (SSSR count). The van der Waals surface area contributed by atoms with Crippen molar-refractivity contribution in [3.05, 3.63) is 59.4 Å². The van der Waals surface area contributed by atoms with E-state index in [0.717, 1.165) is 17.2 Å². The fraction of sp³-hybridized carbons (Fsp3) is 0.409. The van der Waals surface area contributed by atoms with Crippen LogP contribution in [0.2, 0.25) is 0 Å². The van der Waals surface area contributed by atoms with Crippen LogP contribution < -0.4 is 4.72 Å². The molecule has 1 aliphatic rings. The van der Waals surface area contributed by atoms with Gasteiger partial charge < -0.3 is 4.90 Å². The Balaban J connectivity index is 2.06. The molecular weight excluding hydrogens is 467 g/mol. The smallest absolute Gasteiger partial charge is 0.286 e. The van der Waals surface area contributed by atoms with Gasteiger partial charge in [0.1, 0.15) is 11.9 Å². The van der Waals surface area contributed by atoms with Crippen LogP contribution in [0, 0.1) is 23.4 Å². The third kappa shape index (κ3) is 5.25. The highest BCUT2D eigenvalue weighted by molar-refractivity contribution is 7.95. The Morgan fingerprint density at radius 3 is 2.30 bits per heavy atom. The number of hydrogen-bond donors (Lipinski definition) is 2. The first-order chi connectivity index (χ1) is 15.2. The highest BCUT2D eigenvalue weighted by atomic mass is 32.3. The minimum atomic E-state index is -3.85. The van der Waals surface area contributed by atoms with Crippen molar-refractivity contribution >= 4 is 16.3 Å². The summed E-state index contributed by atoms with van der Waals surface area (Å²) < 4.78 is 96.4. The van der Waals surface area contributed by atoms with Crippen molar-refractivity contribution < 1.29 is 35.5 Å². The van der Waals surface area contributed by atoms with E-state index in [1.165, 1.54) is 44.2 Å². The molecule has 0 bridgehead atoms. The lowest BCUT2D eigenvalue weighted by atomic mass is 9.95. The molecule has 0 radical (unpaired) electrons. The van der Waals surface area contributed by atoms with Gasteiger partial charge in [0.15, 0.2) is 17.9 Å². The van der Waals surface area contributed by atoms with Crippen LogP contribution in [0.1, 0.15) is 19.4 Å². The molecule has 11 heteroatoms. The number of carbonyl (C=O) groups excluding carboxylic acids is 1. The molecule has 0 aromatic heterocycles. The summed E-state index contributed by atoms with van der Waals surface area (Å²) in [7, 11) is -3.85. The van der Waals surface area contributed by atoms with Crippen LogP contribution in [0.5, 0.6) is 0 Å². The van der Waals surface area contributed by atoms with E-state index in [2.05, 4.69) is 0 Å². The van der Waals surface area contributed by atoms with Crippen LogP contribution in [-0.4, -0.2) is 46.2 Å². The van der Waals surface area contributed by atoms with Crippen molar-refractivity contribution in [1.82, 2.24) is 9.62 Å². The number of nitrogens with zero attached hydrogens (tertiary/aromatic N) is 1. The molecule has 1 aliphatic heterocycles. The second-order valence-electron chi connectivity index (χ2n) is 8.43. The molecule has 0 saturated carbocycles. The maximum atomic E-state index is 15.4. The molecule has 2 aromatic rings. The predicted octanol–water partition coefficient (Wildman–Crippen LogP) is 4.29. The van der Waals surface area contributed by atoms with Crippen molar-refractivity contribution in [1.29, 1.82) is 0 Å². The van der Waals surface area contributed by atoms with Gasteiger partial charge in [-0.05, 0) is 22.3 Å². The summed E-state index contributed by atoms with van der Waals surface area (Å²) >= 11 is 0. The Labute approximate surface area is 189 Å². The maximum absolute atomic E-state index is 15.4. The van der Waals surface area contributed by atoms with Crippen molar-refractivity contribution in [3.63, 3.8) is 0 Å². The third-order valence-corrected chi connectivity index (χ3v) is 6.18. The lowest BCUT2D eigenvalue weighted by molar-refractivity contribution is -0.136. The zero-order chi connectivity index (χ0) is 24.7. The molecule has 180 valence electrons. The van der Waals surface area contributed by atoms with Crippen LogP contribution in [-0.2, 0) is 25.8 Å². The van der Waals surface area contributed by atoms with Crippen molar-refractivity contribution in [3.8, 4) is 11.1 Å². The second kappa shape index (κ2) is 9.11. The van der Waals surface area contributed by atoms with Crippen LogP contribution in [0.15, 0.2) is 36.4 Å². The number of nitrogens with one attached hydrogen (secondary N) is 1. The Kier molecular flexibility index (Phi) is 6.97. The predicted molar refractivity (Wildman–Crippen MR) is 114 cm³/mol. The molecule has 1 heterocycles. The van der Waals surface area contributed by atoms with E-state index >= 15 is 4.39 Å². The quantitative estimate of drug-likeness (QED) is 0.468. The van der Waals surface area contributed by atoms with Crippen LogP contribution >= 0.6 is 0 Å². The van der Waals surface area contributed by atoms with E-state index in [9.17, 15) is 31.1 Å². The number of halogens is 5. The molecule has 3 atom stereocenters. The van der Waals surface area contributed by atoms with Gasteiger partial charge in [-0.1, -0.05) is 48.9 Å². The van der Waals surface area contributed by atoms with Crippen LogP contribution in [0.4, 0.5) is 22.0 Å². The van der Waals surface area contributed by atoms with Gasteiger partial charge >= 0.3 is 0 Å². The van der Waals surface area contributed by atoms with E-state index in [1.807, 2.05) is 4.72 Å². The number of alkyl halides is 2. The lowest BCUT2D eigenvalue weighted by Crippen LogP contribution is -2.54. The monoisotopic (exact) mass is 491 g/mol. The minimum Gasteiger partial charge on any atom is -0.331 e. The number of carbonyl (C=O) groups is 1. The number of likely N-dealkylation sites (tertiary alicyclic amines) is 1. The standard InChI is InChI=1S/C22H23F5N2O3S/c1-12(2)21(30)29-11-22(26,27)20(28-33(3,31)32)17(29)10-13-6-4-7-14(18(13)24)15-8-5-9-16(23)19(15)25/h4-9,12,17,20H,10-11H2,1-3H3,(H-,28,31,32)/p+1/t17-,20+/m0/s1. The van der Waals surface area contributed by atoms with E-state index in [4.69, 9.17) is 0 Å². The van der Waals surface area contributed by atoms with Crippen molar-refractivity contribution in [2.45, 2.75) is 38.3 Å². The number of hydrogen-bond acceptors (Lipinski definition) is 2. The van der Waals surface area contributed by atoms with Gasteiger partial charge in [0, 0.05) is 17.0 Å². The van der Waals surface area contributed by atoms with Gasteiger partial charge in [0.05, 0.1) is 12.6 Å². The average molecular weight is 492 g/mol. The lowest BCUT2D eigenvalue weighted by Gasteiger charge is -2.28.